The molecule has 3 heterocycles. The van der Waals surface area contributed by atoms with Crippen molar-refractivity contribution in [3.8, 4) is 34.3 Å². The lowest BCUT2D eigenvalue weighted by molar-refractivity contribution is 0.102. The van der Waals surface area contributed by atoms with Gasteiger partial charge in [-0.15, -0.1) is 0 Å². The summed E-state index contributed by atoms with van der Waals surface area (Å²) < 4.78 is 74.3. The first-order chi connectivity index (χ1) is 20.5. The van der Waals surface area contributed by atoms with E-state index in [1.807, 2.05) is 0 Å². The number of methoxy groups -OCH3 is 2. The fourth-order valence-electron chi connectivity index (χ4n) is 4.55. The third kappa shape index (κ3) is 5.44. The maximum atomic E-state index is 15.1. The average molecular weight is 595 g/mol. The second-order valence-electron chi connectivity index (χ2n) is 9.27. The predicted octanol–water partition coefficient (Wildman–Crippen LogP) is 6.22. The van der Waals surface area contributed by atoms with Crippen LogP contribution in [0.3, 0.4) is 0 Å². The number of hydrogen-bond donors (Lipinski definition) is 2. The minimum atomic E-state index is -1.08. The zero-order valence-electron chi connectivity index (χ0n) is 23.1. The van der Waals surface area contributed by atoms with Gasteiger partial charge in [-0.05, 0) is 26.0 Å². The maximum absolute atomic E-state index is 15.1. The number of ether oxygens (including phenoxy) is 3. The first kappa shape index (κ1) is 29.0. The number of amides is 1. The number of pyridine rings is 3. The molecule has 0 fully saturated rings. The summed E-state index contributed by atoms with van der Waals surface area (Å²) in [5.41, 5.74) is -1.57. The summed E-state index contributed by atoms with van der Waals surface area (Å²) in [6, 6.07) is 6.97. The number of nitrogens with zero attached hydrogens (tertiary/aromatic N) is 2. The van der Waals surface area contributed by atoms with E-state index in [9.17, 15) is 18.4 Å². The van der Waals surface area contributed by atoms with Crippen molar-refractivity contribution in [2.45, 2.75) is 13.8 Å². The van der Waals surface area contributed by atoms with Crippen LogP contribution in [-0.4, -0.2) is 35.1 Å². The van der Waals surface area contributed by atoms with E-state index in [1.54, 1.807) is 0 Å². The standard InChI is InChI=1S/C30H22F4N4O5/c1-13-25(16-6-5-15(31)9-17(16)32)28(39)26(14(2)36-13)29(40)37-20-10-19(34)23(11-18(20)33)43-22-7-8-35-21-12-24(41-3)30(42-4)38-27(21)22/h5-12H,1-4H3,(H,36,39)(H,37,40). The van der Waals surface area contributed by atoms with Gasteiger partial charge in [0.1, 0.15) is 22.7 Å². The van der Waals surface area contributed by atoms with Crippen LogP contribution in [0.1, 0.15) is 21.7 Å². The number of hydrogen-bond acceptors (Lipinski definition) is 7. The minimum absolute atomic E-state index is 0.0309. The van der Waals surface area contributed by atoms with Crippen molar-refractivity contribution in [3.63, 3.8) is 0 Å². The molecule has 13 heteroatoms. The number of aromatic amines is 1. The number of nitrogens with one attached hydrogen (secondary N) is 2. The van der Waals surface area contributed by atoms with E-state index in [1.165, 1.54) is 46.4 Å². The van der Waals surface area contributed by atoms with Crippen LogP contribution in [0.4, 0.5) is 23.2 Å². The topological polar surface area (TPSA) is 115 Å². The molecule has 2 aromatic carbocycles. The lowest BCUT2D eigenvalue weighted by Gasteiger charge is -2.14. The van der Waals surface area contributed by atoms with E-state index in [2.05, 4.69) is 20.3 Å². The van der Waals surface area contributed by atoms with Gasteiger partial charge in [-0.25, -0.2) is 22.5 Å². The highest BCUT2D eigenvalue weighted by molar-refractivity contribution is 6.05. The molecule has 0 unspecified atom stereocenters. The van der Waals surface area contributed by atoms with Crippen molar-refractivity contribution in [2.75, 3.05) is 19.5 Å². The Hall–Kier alpha value is -5.46. The van der Waals surface area contributed by atoms with Crippen LogP contribution in [0.25, 0.3) is 22.2 Å². The molecule has 0 aliphatic heterocycles. The quantitative estimate of drug-likeness (QED) is 0.215. The Labute approximate surface area is 241 Å². The molecule has 5 rings (SSSR count). The molecule has 0 saturated carbocycles. The van der Waals surface area contributed by atoms with E-state index in [4.69, 9.17) is 14.2 Å². The van der Waals surface area contributed by atoms with Gasteiger partial charge in [-0.2, -0.15) is 0 Å². The molecule has 43 heavy (non-hydrogen) atoms. The molecule has 0 spiro atoms. The molecule has 0 saturated heterocycles. The first-order valence-electron chi connectivity index (χ1n) is 12.6. The third-order valence-electron chi connectivity index (χ3n) is 6.52. The van der Waals surface area contributed by atoms with Gasteiger partial charge in [0.2, 0.25) is 5.43 Å². The van der Waals surface area contributed by atoms with Crippen LogP contribution >= 0.6 is 0 Å². The molecule has 2 N–H and O–H groups in total. The summed E-state index contributed by atoms with van der Waals surface area (Å²) >= 11 is 0. The van der Waals surface area contributed by atoms with Crippen molar-refractivity contribution in [3.05, 3.63) is 99.1 Å². The van der Waals surface area contributed by atoms with Gasteiger partial charge in [0.25, 0.3) is 11.8 Å². The zero-order chi connectivity index (χ0) is 31.0. The molecule has 0 aliphatic rings. The highest BCUT2D eigenvalue weighted by Crippen LogP contribution is 2.36. The molecule has 5 aromatic rings. The van der Waals surface area contributed by atoms with Crippen molar-refractivity contribution in [1.82, 2.24) is 15.0 Å². The number of aromatic nitrogens is 3. The number of carbonyl (C=O) groups is 1. The lowest BCUT2D eigenvalue weighted by atomic mass is 9.99. The minimum Gasteiger partial charge on any atom is -0.491 e. The van der Waals surface area contributed by atoms with E-state index >= 15 is 8.78 Å². The van der Waals surface area contributed by atoms with Crippen molar-refractivity contribution in [2.24, 2.45) is 0 Å². The second kappa shape index (κ2) is 11.4. The normalized spacial score (nSPS) is 11.0. The Kier molecular flexibility index (Phi) is 7.72. The van der Waals surface area contributed by atoms with Crippen molar-refractivity contribution in [1.29, 1.82) is 0 Å². The predicted molar refractivity (Wildman–Crippen MR) is 149 cm³/mol. The van der Waals surface area contributed by atoms with E-state index in [0.717, 1.165) is 12.1 Å². The number of benzene rings is 2. The Morgan fingerprint density at radius 2 is 1.63 bits per heavy atom. The molecule has 0 atom stereocenters. The van der Waals surface area contributed by atoms with Crippen LogP contribution in [0.2, 0.25) is 0 Å². The highest BCUT2D eigenvalue weighted by Gasteiger charge is 2.24. The molecular formula is C30H22F4N4O5. The number of anilines is 1. The van der Waals surface area contributed by atoms with Crippen molar-refractivity contribution < 1.29 is 36.6 Å². The average Bonchev–Trinajstić information content (AvgIpc) is 2.95. The Bertz CT molecular complexity index is 1980. The Balaban J connectivity index is 1.47. The van der Waals surface area contributed by atoms with Gasteiger partial charge in [-0.3, -0.25) is 14.6 Å². The summed E-state index contributed by atoms with van der Waals surface area (Å²) in [4.78, 5) is 37.7. The van der Waals surface area contributed by atoms with E-state index < -0.39 is 51.6 Å². The molecule has 0 aliphatic carbocycles. The third-order valence-corrected chi connectivity index (χ3v) is 6.52. The maximum Gasteiger partial charge on any atom is 0.261 e. The SMILES string of the molecule is COc1cc2nccc(Oc3cc(F)c(NC(=O)c4c(C)[nH]c(C)c(-c5ccc(F)cc5F)c4=O)cc3F)c2nc1OC. The van der Waals surface area contributed by atoms with Crippen molar-refractivity contribution >= 4 is 22.6 Å². The molecular weight excluding hydrogens is 572 g/mol. The number of H-pyrrole nitrogens is 1. The molecule has 3 aromatic heterocycles. The molecule has 1 amide bonds. The van der Waals surface area contributed by atoms with Crippen LogP contribution in [-0.2, 0) is 0 Å². The summed E-state index contributed by atoms with van der Waals surface area (Å²) in [5, 5.41) is 2.18. The number of aryl methyl sites for hydroxylation is 2. The van der Waals surface area contributed by atoms with Crippen LogP contribution in [0, 0.1) is 37.1 Å². The van der Waals surface area contributed by atoms with Gasteiger partial charge in [-0.1, -0.05) is 0 Å². The molecule has 0 radical (unpaired) electrons. The van der Waals surface area contributed by atoms with Gasteiger partial charge in [0.15, 0.2) is 28.9 Å². The molecule has 9 nitrogen and oxygen atoms in total. The van der Waals surface area contributed by atoms with Crippen LogP contribution in [0.5, 0.6) is 23.1 Å². The van der Waals surface area contributed by atoms with Gasteiger partial charge in [0.05, 0.1) is 31.0 Å². The van der Waals surface area contributed by atoms with E-state index in [0.29, 0.717) is 29.5 Å². The summed E-state index contributed by atoms with van der Waals surface area (Å²) in [5.74, 6) is -5.16. The fraction of sp³-hybridized carbons (Fsp3) is 0.133. The largest absolute Gasteiger partial charge is 0.491 e. The monoisotopic (exact) mass is 594 g/mol. The summed E-state index contributed by atoms with van der Waals surface area (Å²) in [6.07, 6.45) is 1.38. The molecule has 0 bridgehead atoms. The number of carbonyl (C=O) groups excluding carboxylic acids is 1. The van der Waals surface area contributed by atoms with Gasteiger partial charge < -0.3 is 24.5 Å². The summed E-state index contributed by atoms with van der Waals surface area (Å²) in [6.45, 7) is 2.90. The Morgan fingerprint density at radius 1 is 0.860 bits per heavy atom. The first-order valence-corrected chi connectivity index (χ1v) is 12.6. The van der Waals surface area contributed by atoms with Gasteiger partial charge in [0, 0.05) is 53.5 Å². The smallest absolute Gasteiger partial charge is 0.261 e. The Morgan fingerprint density at radius 3 is 2.33 bits per heavy atom. The van der Waals surface area contributed by atoms with E-state index in [-0.39, 0.29) is 39.7 Å². The number of rotatable bonds is 7. The number of halogens is 4. The second-order valence-corrected chi connectivity index (χ2v) is 9.27. The fourth-order valence-corrected chi connectivity index (χ4v) is 4.55. The lowest BCUT2D eigenvalue weighted by Crippen LogP contribution is -2.26. The van der Waals surface area contributed by atoms with Crippen LogP contribution in [0.15, 0.2) is 53.5 Å². The molecule has 220 valence electrons. The van der Waals surface area contributed by atoms with Crippen LogP contribution < -0.4 is 25.0 Å². The highest BCUT2D eigenvalue weighted by atomic mass is 19.1. The zero-order valence-corrected chi connectivity index (χ0v) is 23.1. The number of fused-ring (bicyclic) bond motifs is 1. The van der Waals surface area contributed by atoms with Gasteiger partial charge >= 0.3 is 0 Å². The summed E-state index contributed by atoms with van der Waals surface area (Å²) in [7, 11) is 2.80.